The monoisotopic (exact) mass is 428 g/mol. The van der Waals surface area contributed by atoms with Gasteiger partial charge in [-0.3, -0.25) is 0 Å². The molecule has 0 amide bonds. The lowest BCUT2D eigenvalue weighted by Crippen LogP contribution is -2.20. The van der Waals surface area contributed by atoms with Crippen LogP contribution in [0.3, 0.4) is 0 Å². The van der Waals surface area contributed by atoms with Gasteiger partial charge in [-0.1, -0.05) is 102 Å². The molecule has 0 radical (unpaired) electrons. The van der Waals surface area contributed by atoms with E-state index < -0.39 is 11.6 Å². The number of benzene rings is 1. The minimum absolute atomic E-state index is 0.421. The Bertz CT molecular complexity index is 737. The molecular weight excluding hydrogens is 386 g/mol. The summed E-state index contributed by atoms with van der Waals surface area (Å²) in [5, 5.41) is 0. The van der Waals surface area contributed by atoms with Gasteiger partial charge in [-0.05, 0) is 61.0 Å². The molecule has 0 spiro atoms. The fraction of sp³-hybridized carbons (Fsp3) is 0.655. The highest BCUT2D eigenvalue weighted by atomic mass is 19.2. The zero-order chi connectivity index (χ0) is 22.1. The SMILES string of the molecule is CCCCCCCCCCc1ccc(C2=CCC([C@H]3CC[C@H](C)CC3)C=C2)c(F)c1F. The number of hydrogen-bond acceptors (Lipinski definition) is 0. The van der Waals surface area contributed by atoms with Crippen molar-refractivity contribution in [2.45, 2.75) is 104 Å². The summed E-state index contributed by atoms with van der Waals surface area (Å²) in [5.74, 6) is 0.860. The largest absolute Gasteiger partial charge is 0.203 e. The molecule has 1 atom stereocenters. The van der Waals surface area contributed by atoms with Crippen LogP contribution in [-0.2, 0) is 6.42 Å². The average molecular weight is 429 g/mol. The van der Waals surface area contributed by atoms with Crippen LogP contribution in [0.15, 0.2) is 30.4 Å². The first-order chi connectivity index (χ1) is 15.1. The van der Waals surface area contributed by atoms with Crippen molar-refractivity contribution in [2.75, 3.05) is 0 Å². The lowest BCUT2D eigenvalue weighted by Gasteiger charge is -2.32. The lowest BCUT2D eigenvalue weighted by molar-refractivity contribution is 0.240. The summed E-state index contributed by atoms with van der Waals surface area (Å²) >= 11 is 0. The lowest BCUT2D eigenvalue weighted by atomic mass is 9.73. The maximum Gasteiger partial charge on any atom is 0.166 e. The van der Waals surface area contributed by atoms with E-state index in [1.165, 1.54) is 64.2 Å². The highest BCUT2D eigenvalue weighted by Gasteiger charge is 2.26. The number of aryl methyl sites for hydroxylation is 1. The molecule has 1 fully saturated rings. The first kappa shape index (κ1) is 24.2. The van der Waals surface area contributed by atoms with Gasteiger partial charge in [-0.2, -0.15) is 0 Å². The van der Waals surface area contributed by atoms with Crippen LogP contribution in [0.4, 0.5) is 8.78 Å². The predicted octanol–water partition coefficient (Wildman–Crippen LogP) is 9.43. The fourth-order valence-corrected chi connectivity index (χ4v) is 5.36. The predicted molar refractivity (Wildman–Crippen MR) is 129 cm³/mol. The minimum Gasteiger partial charge on any atom is -0.203 e. The van der Waals surface area contributed by atoms with Gasteiger partial charge in [0.05, 0.1) is 0 Å². The second kappa shape index (κ2) is 12.6. The number of unbranched alkanes of at least 4 members (excludes halogenated alkanes) is 7. The third-order valence-corrected chi connectivity index (χ3v) is 7.57. The molecule has 1 unspecified atom stereocenters. The fourth-order valence-electron chi connectivity index (χ4n) is 5.36. The number of halogens is 2. The molecule has 0 N–H and O–H groups in total. The van der Waals surface area contributed by atoms with Crippen molar-refractivity contribution in [3.05, 3.63) is 53.1 Å². The molecule has 0 aliphatic heterocycles. The first-order valence-corrected chi connectivity index (χ1v) is 13.0. The van der Waals surface area contributed by atoms with Crippen LogP contribution in [0, 0.1) is 29.4 Å². The summed E-state index contributed by atoms with van der Waals surface area (Å²) < 4.78 is 29.5. The van der Waals surface area contributed by atoms with E-state index in [0.717, 1.165) is 36.7 Å². The Labute approximate surface area is 189 Å². The highest BCUT2D eigenvalue weighted by Crippen LogP contribution is 2.38. The van der Waals surface area contributed by atoms with Crippen LogP contribution in [0.2, 0.25) is 0 Å². The zero-order valence-electron chi connectivity index (χ0n) is 19.8. The maximum atomic E-state index is 14.8. The summed E-state index contributed by atoms with van der Waals surface area (Å²) in [6.45, 7) is 4.58. The molecule has 0 saturated heterocycles. The van der Waals surface area contributed by atoms with E-state index in [1.54, 1.807) is 12.1 Å². The van der Waals surface area contributed by atoms with Crippen molar-refractivity contribution in [2.24, 2.45) is 17.8 Å². The second-order valence-corrected chi connectivity index (χ2v) is 10.1. The van der Waals surface area contributed by atoms with Gasteiger partial charge < -0.3 is 0 Å². The van der Waals surface area contributed by atoms with Crippen molar-refractivity contribution < 1.29 is 8.78 Å². The molecule has 1 aromatic carbocycles. The van der Waals surface area contributed by atoms with Crippen molar-refractivity contribution in [1.29, 1.82) is 0 Å². The quantitative estimate of drug-likeness (QED) is 0.308. The van der Waals surface area contributed by atoms with Crippen LogP contribution >= 0.6 is 0 Å². The summed E-state index contributed by atoms with van der Waals surface area (Å²) in [7, 11) is 0. The van der Waals surface area contributed by atoms with Crippen molar-refractivity contribution in [3.8, 4) is 0 Å². The van der Waals surface area contributed by atoms with Crippen LogP contribution in [0.5, 0.6) is 0 Å². The molecule has 0 bridgehead atoms. The van der Waals surface area contributed by atoms with Crippen molar-refractivity contribution >= 4 is 5.57 Å². The van der Waals surface area contributed by atoms with E-state index in [2.05, 4.69) is 26.0 Å². The first-order valence-electron chi connectivity index (χ1n) is 13.0. The third-order valence-electron chi connectivity index (χ3n) is 7.57. The summed E-state index contributed by atoms with van der Waals surface area (Å²) in [5.41, 5.74) is 1.79. The van der Waals surface area contributed by atoms with E-state index in [1.807, 2.05) is 6.08 Å². The Morgan fingerprint density at radius 2 is 1.52 bits per heavy atom. The summed E-state index contributed by atoms with van der Waals surface area (Å²) in [4.78, 5) is 0. The summed E-state index contributed by atoms with van der Waals surface area (Å²) in [6, 6.07) is 3.59. The number of hydrogen-bond donors (Lipinski definition) is 0. The molecular formula is C29H42F2. The Morgan fingerprint density at radius 3 is 2.16 bits per heavy atom. The van der Waals surface area contributed by atoms with E-state index in [9.17, 15) is 8.78 Å². The summed E-state index contributed by atoms with van der Waals surface area (Å²) in [6.07, 6.45) is 23.0. The molecule has 0 aromatic heterocycles. The molecule has 2 heteroatoms. The van der Waals surface area contributed by atoms with E-state index in [-0.39, 0.29) is 0 Å². The standard InChI is InChI=1S/C29H42F2/c1-3-4-5-6-7-8-9-10-11-26-20-21-27(29(31)28(26)30)25-18-16-24(17-19-25)23-14-12-22(2)13-15-23/h16,18-24H,3-15,17H2,1-2H3/t22-,23-,24?. The topological polar surface area (TPSA) is 0 Å². The molecule has 2 aliphatic rings. The molecule has 31 heavy (non-hydrogen) atoms. The molecule has 3 rings (SSSR count). The molecule has 1 saturated carbocycles. The van der Waals surface area contributed by atoms with Gasteiger partial charge in [0, 0.05) is 5.56 Å². The number of rotatable bonds is 11. The van der Waals surface area contributed by atoms with E-state index >= 15 is 0 Å². The van der Waals surface area contributed by atoms with Gasteiger partial charge in [0.1, 0.15) is 0 Å². The van der Waals surface area contributed by atoms with Gasteiger partial charge >= 0.3 is 0 Å². The molecule has 2 aliphatic carbocycles. The average Bonchev–Trinajstić information content (AvgIpc) is 2.79. The smallest absolute Gasteiger partial charge is 0.166 e. The molecule has 0 heterocycles. The van der Waals surface area contributed by atoms with Crippen LogP contribution in [-0.4, -0.2) is 0 Å². The van der Waals surface area contributed by atoms with Gasteiger partial charge in [0.2, 0.25) is 0 Å². The molecule has 172 valence electrons. The van der Waals surface area contributed by atoms with Crippen molar-refractivity contribution in [1.82, 2.24) is 0 Å². The Morgan fingerprint density at radius 1 is 0.839 bits per heavy atom. The molecule has 0 nitrogen and oxygen atoms in total. The Hall–Kier alpha value is -1.44. The van der Waals surface area contributed by atoms with Gasteiger partial charge in [0.25, 0.3) is 0 Å². The molecule has 1 aromatic rings. The maximum absolute atomic E-state index is 14.8. The van der Waals surface area contributed by atoms with E-state index in [4.69, 9.17) is 0 Å². The van der Waals surface area contributed by atoms with Crippen molar-refractivity contribution in [3.63, 3.8) is 0 Å². The van der Waals surface area contributed by atoms with Gasteiger partial charge in [-0.15, -0.1) is 0 Å². The zero-order valence-corrected chi connectivity index (χ0v) is 19.8. The number of allylic oxidation sites excluding steroid dienone is 4. The Balaban J connectivity index is 1.48. The van der Waals surface area contributed by atoms with Gasteiger partial charge in [0.15, 0.2) is 11.6 Å². The normalized spacial score (nSPS) is 23.7. The van der Waals surface area contributed by atoms with Gasteiger partial charge in [-0.25, -0.2) is 8.78 Å². The Kier molecular flexibility index (Phi) is 9.81. The minimum atomic E-state index is -0.669. The van der Waals surface area contributed by atoms with Crippen LogP contribution in [0.1, 0.15) is 108 Å². The highest BCUT2D eigenvalue weighted by molar-refractivity contribution is 5.75. The second-order valence-electron chi connectivity index (χ2n) is 10.1. The van der Waals surface area contributed by atoms with E-state index in [0.29, 0.717) is 23.5 Å². The van der Waals surface area contributed by atoms with Crippen LogP contribution in [0.25, 0.3) is 5.57 Å². The van der Waals surface area contributed by atoms with Crippen LogP contribution < -0.4 is 0 Å². The third kappa shape index (κ3) is 7.02.